The van der Waals surface area contributed by atoms with E-state index in [9.17, 15) is 19.4 Å². The molecule has 0 aliphatic carbocycles. The summed E-state index contributed by atoms with van der Waals surface area (Å²) in [6.07, 6.45) is 2.71. The van der Waals surface area contributed by atoms with Gasteiger partial charge in [-0.3, -0.25) is 4.79 Å². The molecule has 3 atom stereocenters. The van der Waals surface area contributed by atoms with Gasteiger partial charge in [-0.15, -0.1) is 0 Å². The second-order valence-corrected chi connectivity index (χ2v) is 8.40. The maximum atomic E-state index is 12.2. The van der Waals surface area contributed by atoms with E-state index in [1.165, 1.54) is 0 Å². The molecular formula is C14H28N2O5P-. The third-order valence-corrected chi connectivity index (χ3v) is 5.79. The second-order valence-electron chi connectivity index (χ2n) is 6.08. The van der Waals surface area contributed by atoms with Crippen LogP contribution < -0.4 is 10.6 Å². The van der Waals surface area contributed by atoms with E-state index in [0.717, 1.165) is 19.3 Å². The van der Waals surface area contributed by atoms with Gasteiger partial charge in [0.25, 0.3) is 0 Å². The van der Waals surface area contributed by atoms with Crippen LogP contribution in [-0.4, -0.2) is 53.4 Å². The van der Waals surface area contributed by atoms with Crippen molar-refractivity contribution in [3.8, 4) is 0 Å². The first kappa shape index (κ1) is 19.6. The van der Waals surface area contributed by atoms with Gasteiger partial charge < -0.3 is 29.7 Å². The van der Waals surface area contributed by atoms with Crippen LogP contribution in [0.25, 0.3) is 0 Å². The lowest BCUT2D eigenvalue weighted by Gasteiger charge is -2.30. The third kappa shape index (κ3) is 5.63. The van der Waals surface area contributed by atoms with E-state index in [2.05, 4.69) is 0 Å². The van der Waals surface area contributed by atoms with E-state index >= 15 is 0 Å². The van der Waals surface area contributed by atoms with Gasteiger partial charge in [0.2, 0.25) is 5.91 Å². The fourth-order valence-corrected chi connectivity index (χ4v) is 3.31. The molecule has 1 rings (SSSR count). The molecule has 7 nitrogen and oxygen atoms in total. The number of amides is 1. The third-order valence-electron chi connectivity index (χ3n) is 3.93. The lowest BCUT2D eigenvalue weighted by Crippen LogP contribution is -2.38. The van der Waals surface area contributed by atoms with Gasteiger partial charge in [-0.1, -0.05) is 20.3 Å². The standard InChI is InChI=1S/C14H29N2O5P/c1-11(2)22(19,20)21-13-8-12(10-17)16(9-13)14(18)6-4-3-5-7-15/h11-13,17H,3-10,15H2,1-2H3,(H,19,20)/p-1/t12-,13+/m0/s1. The molecule has 1 aliphatic rings. The van der Waals surface area contributed by atoms with Crippen LogP contribution in [-0.2, 0) is 13.9 Å². The van der Waals surface area contributed by atoms with Crippen LogP contribution in [0.15, 0.2) is 0 Å². The van der Waals surface area contributed by atoms with Crippen LogP contribution in [0.2, 0.25) is 0 Å². The summed E-state index contributed by atoms with van der Waals surface area (Å²) >= 11 is 0. The van der Waals surface area contributed by atoms with Crippen LogP contribution in [0.1, 0.15) is 46.0 Å². The monoisotopic (exact) mass is 335 g/mol. The summed E-state index contributed by atoms with van der Waals surface area (Å²) in [5.41, 5.74) is 4.82. The maximum absolute atomic E-state index is 12.2. The predicted octanol–water partition coefficient (Wildman–Crippen LogP) is 0.446. The predicted molar refractivity (Wildman–Crippen MR) is 82.3 cm³/mol. The van der Waals surface area contributed by atoms with E-state index in [1.54, 1.807) is 18.7 Å². The van der Waals surface area contributed by atoms with E-state index in [0.29, 0.717) is 19.4 Å². The van der Waals surface area contributed by atoms with Gasteiger partial charge in [0.1, 0.15) is 7.60 Å². The van der Waals surface area contributed by atoms with Crippen LogP contribution in [0, 0.1) is 0 Å². The van der Waals surface area contributed by atoms with Gasteiger partial charge in [0, 0.05) is 18.6 Å². The molecular weight excluding hydrogens is 307 g/mol. The molecule has 0 aromatic rings. The van der Waals surface area contributed by atoms with Crippen molar-refractivity contribution in [3.05, 3.63) is 0 Å². The molecule has 130 valence electrons. The Hall–Kier alpha value is -0.460. The number of aliphatic hydroxyl groups excluding tert-OH is 1. The molecule has 0 saturated carbocycles. The number of nitrogens with two attached hydrogens (primary N) is 1. The Kier molecular flexibility index (Phi) is 8.00. The van der Waals surface area contributed by atoms with E-state index < -0.39 is 19.4 Å². The summed E-state index contributed by atoms with van der Waals surface area (Å²) < 4.78 is 17.0. The zero-order valence-corrected chi connectivity index (χ0v) is 14.3. The van der Waals surface area contributed by atoms with Crippen molar-refractivity contribution >= 4 is 13.5 Å². The Balaban J connectivity index is 2.54. The highest BCUT2D eigenvalue weighted by Gasteiger charge is 2.36. The average molecular weight is 335 g/mol. The highest BCUT2D eigenvalue weighted by atomic mass is 31.2. The number of carbonyl (C=O) groups is 1. The molecule has 22 heavy (non-hydrogen) atoms. The van der Waals surface area contributed by atoms with Crippen LogP contribution in [0.5, 0.6) is 0 Å². The number of nitrogens with zero attached hydrogens (tertiary/aromatic N) is 1. The van der Waals surface area contributed by atoms with Crippen LogP contribution in [0.4, 0.5) is 0 Å². The number of hydrogen-bond acceptors (Lipinski definition) is 6. The Morgan fingerprint density at radius 3 is 2.68 bits per heavy atom. The number of rotatable bonds is 9. The van der Waals surface area contributed by atoms with Gasteiger partial charge in [0.15, 0.2) is 0 Å². The highest BCUT2D eigenvalue weighted by molar-refractivity contribution is 7.52. The van der Waals surface area contributed by atoms with Gasteiger partial charge in [-0.05, 0) is 25.8 Å². The minimum absolute atomic E-state index is 0.0625. The van der Waals surface area contributed by atoms with E-state index in [-0.39, 0.29) is 25.1 Å². The van der Waals surface area contributed by atoms with Gasteiger partial charge in [-0.2, -0.15) is 0 Å². The zero-order valence-electron chi connectivity index (χ0n) is 13.4. The summed E-state index contributed by atoms with van der Waals surface area (Å²) in [6.45, 7) is 3.78. The van der Waals surface area contributed by atoms with Crippen molar-refractivity contribution in [3.63, 3.8) is 0 Å². The molecule has 0 aromatic carbocycles. The summed E-state index contributed by atoms with van der Waals surface area (Å²) in [4.78, 5) is 25.6. The van der Waals surface area contributed by atoms with Crippen molar-refractivity contribution in [2.24, 2.45) is 5.73 Å². The summed E-state index contributed by atoms with van der Waals surface area (Å²) in [5.74, 6) is -0.0625. The number of carbonyl (C=O) groups excluding carboxylic acids is 1. The summed E-state index contributed by atoms with van der Waals surface area (Å²) in [6, 6.07) is -0.362. The number of likely N-dealkylation sites (tertiary alicyclic amines) is 1. The molecule has 1 heterocycles. The number of aliphatic hydroxyl groups is 1. The van der Waals surface area contributed by atoms with E-state index in [1.807, 2.05) is 0 Å². The second kappa shape index (κ2) is 8.99. The lowest BCUT2D eigenvalue weighted by atomic mass is 10.1. The van der Waals surface area contributed by atoms with Gasteiger partial charge in [-0.25, -0.2) is 0 Å². The lowest BCUT2D eigenvalue weighted by molar-refractivity contribution is -0.204. The fraction of sp³-hybridized carbons (Fsp3) is 0.929. The maximum Gasteiger partial charge on any atom is 0.222 e. The van der Waals surface area contributed by atoms with E-state index in [4.69, 9.17) is 10.3 Å². The van der Waals surface area contributed by atoms with Crippen molar-refractivity contribution < 1.29 is 23.9 Å². The molecule has 0 aromatic heterocycles. The van der Waals surface area contributed by atoms with Crippen LogP contribution >= 0.6 is 7.60 Å². The number of unbranched alkanes of at least 4 members (excludes halogenated alkanes) is 2. The van der Waals surface area contributed by atoms with Crippen molar-refractivity contribution in [1.29, 1.82) is 0 Å². The average Bonchev–Trinajstić information content (AvgIpc) is 2.85. The van der Waals surface area contributed by atoms with Crippen molar-refractivity contribution in [2.45, 2.75) is 63.8 Å². The summed E-state index contributed by atoms with van der Waals surface area (Å²) in [5, 5.41) is 9.41. The molecule has 3 N–H and O–H groups in total. The van der Waals surface area contributed by atoms with Gasteiger partial charge >= 0.3 is 0 Å². The molecule has 8 heteroatoms. The largest absolute Gasteiger partial charge is 0.778 e. The first-order valence-electron chi connectivity index (χ1n) is 7.91. The normalized spacial score (nSPS) is 24.7. The number of hydrogen-bond donors (Lipinski definition) is 2. The van der Waals surface area contributed by atoms with Crippen LogP contribution in [0.3, 0.4) is 0 Å². The minimum Gasteiger partial charge on any atom is -0.778 e. The first-order chi connectivity index (χ1) is 10.3. The Bertz CT molecular complexity index is 405. The SMILES string of the molecule is CC(C)P(=O)([O-])O[C@@H]1C[C@@H](CO)N(C(=O)CCCCCN)C1. The molecule has 1 fully saturated rings. The van der Waals surface area contributed by atoms with Crippen molar-refractivity contribution in [1.82, 2.24) is 4.90 Å². The Morgan fingerprint density at radius 2 is 2.14 bits per heavy atom. The molecule has 0 bridgehead atoms. The Morgan fingerprint density at radius 1 is 1.45 bits per heavy atom. The smallest absolute Gasteiger partial charge is 0.222 e. The molecule has 1 saturated heterocycles. The zero-order chi connectivity index (χ0) is 16.8. The first-order valence-corrected chi connectivity index (χ1v) is 9.52. The highest BCUT2D eigenvalue weighted by Crippen LogP contribution is 2.45. The molecule has 0 spiro atoms. The van der Waals surface area contributed by atoms with Gasteiger partial charge in [0.05, 0.1) is 18.8 Å². The van der Waals surface area contributed by atoms with Crippen molar-refractivity contribution in [2.75, 3.05) is 19.7 Å². The summed E-state index contributed by atoms with van der Waals surface area (Å²) in [7, 11) is -3.92. The quantitative estimate of drug-likeness (QED) is 0.467. The molecule has 0 radical (unpaired) electrons. The minimum atomic E-state index is -3.92. The fourth-order valence-electron chi connectivity index (χ4n) is 2.50. The molecule has 1 amide bonds. The molecule has 1 aliphatic heterocycles. The molecule has 1 unspecified atom stereocenters. The Labute approximate surface area is 132 Å². The topological polar surface area (TPSA) is 116 Å².